The van der Waals surface area contributed by atoms with E-state index in [1.54, 1.807) is 11.8 Å². The number of halogens is 4. The van der Waals surface area contributed by atoms with Gasteiger partial charge in [0.15, 0.2) is 0 Å². The van der Waals surface area contributed by atoms with Crippen molar-refractivity contribution in [2.45, 2.75) is 25.9 Å². The van der Waals surface area contributed by atoms with E-state index in [0.29, 0.717) is 32.5 Å². The molecule has 1 aromatic rings. The highest BCUT2D eigenvalue weighted by Crippen LogP contribution is 2.34. The maximum Gasteiger partial charge on any atom is 0.417 e. The molecule has 0 saturated carbocycles. The van der Waals surface area contributed by atoms with Gasteiger partial charge in [0, 0.05) is 25.8 Å². The smallest absolute Gasteiger partial charge is 0.417 e. The summed E-state index contributed by atoms with van der Waals surface area (Å²) in [6, 6.07) is 0.527. The van der Waals surface area contributed by atoms with E-state index in [9.17, 15) is 22.8 Å². The molecule has 0 radical (unpaired) electrons. The van der Waals surface area contributed by atoms with Crippen molar-refractivity contribution < 1.29 is 27.5 Å². The number of nitrogens with zero attached hydrogens (tertiary/aromatic N) is 2. The predicted molar refractivity (Wildman–Crippen MR) is 97.2 cm³/mol. The highest BCUT2D eigenvalue weighted by atomic mass is 35.5. The van der Waals surface area contributed by atoms with Crippen LogP contribution in [0.4, 0.5) is 23.8 Å². The van der Waals surface area contributed by atoms with Crippen molar-refractivity contribution in [3.63, 3.8) is 0 Å². The van der Waals surface area contributed by atoms with Crippen LogP contribution in [-0.4, -0.2) is 49.8 Å². The minimum absolute atomic E-state index is 0.0719. The summed E-state index contributed by atoms with van der Waals surface area (Å²) in [6.07, 6.45) is -2.80. The summed E-state index contributed by atoms with van der Waals surface area (Å²) in [5, 5.41) is 5.04. The van der Waals surface area contributed by atoms with Crippen LogP contribution < -0.4 is 15.5 Å². The van der Waals surface area contributed by atoms with Crippen LogP contribution >= 0.6 is 11.6 Å². The van der Waals surface area contributed by atoms with Gasteiger partial charge in [0.1, 0.15) is 12.4 Å². The Morgan fingerprint density at radius 2 is 2.00 bits per heavy atom. The lowest BCUT2D eigenvalue weighted by Gasteiger charge is -2.32. The van der Waals surface area contributed by atoms with Crippen LogP contribution in [0.2, 0.25) is 5.02 Å². The average Bonchev–Trinajstić information content (AvgIpc) is 2.64. The molecule has 28 heavy (non-hydrogen) atoms. The molecular formula is C17H22ClF3N4O3. The number of amides is 2. The molecule has 1 fully saturated rings. The first-order valence-electron chi connectivity index (χ1n) is 8.88. The summed E-state index contributed by atoms with van der Waals surface area (Å²) < 4.78 is 43.3. The van der Waals surface area contributed by atoms with Crippen LogP contribution in [0.25, 0.3) is 0 Å². The highest BCUT2D eigenvalue weighted by Gasteiger charge is 2.33. The Balaban J connectivity index is 1.79. The molecule has 2 N–H and O–H groups in total. The Labute approximate surface area is 165 Å². The van der Waals surface area contributed by atoms with Gasteiger partial charge in [-0.15, -0.1) is 0 Å². The molecule has 1 aliphatic heterocycles. The minimum Gasteiger partial charge on any atom is -0.464 e. The second kappa shape index (κ2) is 9.81. The van der Waals surface area contributed by atoms with E-state index >= 15 is 0 Å². The second-order valence-electron chi connectivity index (χ2n) is 6.24. The third-order valence-electron chi connectivity index (χ3n) is 4.25. The molecule has 0 atom stereocenters. The van der Waals surface area contributed by atoms with E-state index in [1.807, 2.05) is 0 Å². The lowest BCUT2D eigenvalue weighted by molar-refractivity contribution is -0.149. The van der Waals surface area contributed by atoms with Crippen LogP contribution in [-0.2, 0) is 15.7 Å². The average molecular weight is 423 g/mol. The molecule has 0 spiro atoms. The first-order valence-corrected chi connectivity index (χ1v) is 9.26. The summed E-state index contributed by atoms with van der Waals surface area (Å²) in [6.45, 7) is 3.43. The lowest BCUT2D eigenvalue weighted by atomic mass is 9.97. The maximum atomic E-state index is 12.7. The number of hydrogen-bond donors (Lipinski definition) is 2. The lowest BCUT2D eigenvalue weighted by Crippen LogP contribution is -2.39. The van der Waals surface area contributed by atoms with Crippen molar-refractivity contribution in [3.8, 4) is 0 Å². The molecule has 0 aromatic carbocycles. The zero-order chi connectivity index (χ0) is 20.7. The Morgan fingerprint density at radius 1 is 1.32 bits per heavy atom. The SMILES string of the molecule is CCNC(=O)NCCOC(=O)C1CCN(c2ncc(C(F)(F)F)cc2Cl)CC1. The topological polar surface area (TPSA) is 83.6 Å². The van der Waals surface area contributed by atoms with Crippen LogP contribution in [0.1, 0.15) is 25.3 Å². The van der Waals surface area contributed by atoms with Gasteiger partial charge in [-0.3, -0.25) is 4.79 Å². The van der Waals surface area contributed by atoms with Crippen molar-refractivity contribution in [1.29, 1.82) is 0 Å². The maximum absolute atomic E-state index is 12.7. The zero-order valence-corrected chi connectivity index (χ0v) is 16.1. The summed E-state index contributed by atoms with van der Waals surface area (Å²) in [4.78, 5) is 28.9. The molecule has 0 aliphatic carbocycles. The number of urea groups is 1. The largest absolute Gasteiger partial charge is 0.464 e. The van der Waals surface area contributed by atoms with Gasteiger partial charge in [0.2, 0.25) is 0 Å². The van der Waals surface area contributed by atoms with Crippen molar-refractivity contribution >= 4 is 29.4 Å². The molecule has 0 bridgehead atoms. The number of hydrogen-bond acceptors (Lipinski definition) is 5. The molecule has 1 aliphatic rings. The van der Waals surface area contributed by atoms with E-state index < -0.39 is 11.7 Å². The Hall–Kier alpha value is -2.23. The molecule has 2 rings (SSSR count). The molecular weight excluding hydrogens is 401 g/mol. The summed E-state index contributed by atoms with van der Waals surface area (Å²) in [7, 11) is 0. The first kappa shape index (κ1) is 22.1. The van der Waals surface area contributed by atoms with Crippen molar-refractivity contribution in [2.24, 2.45) is 5.92 Å². The number of pyridine rings is 1. The van der Waals surface area contributed by atoms with Gasteiger partial charge in [-0.2, -0.15) is 13.2 Å². The van der Waals surface area contributed by atoms with E-state index in [-0.39, 0.29) is 41.9 Å². The zero-order valence-electron chi connectivity index (χ0n) is 15.3. The third-order valence-corrected chi connectivity index (χ3v) is 4.52. The molecule has 7 nitrogen and oxygen atoms in total. The molecule has 156 valence electrons. The van der Waals surface area contributed by atoms with Crippen molar-refractivity contribution in [1.82, 2.24) is 15.6 Å². The van der Waals surface area contributed by atoms with E-state index in [0.717, 1.165) is 12.3 Å². The Morgan fingerprint density at radius 3 is 2.57 bits per heavy atom. The van der Waals surface area contributed by atoms with E-state index in [4.69, 9.17) is 16.3 Å². The van der Waals surface area contributed by atoms with Crippen LogP contribution in [0.15, 0.2) is 12.3 Å². The molecule has 0 unspecified atom stereocenters. The van der Waals surface area contributed by atoms with Gasteiger partial charge in [0.05, 0.1) is 23.0 Å². The molecule has 11 heteroatoms. The summed E-state index contributed by atoms with van der Waals surface area (Å²) in [5.41, 5.74) is -0.902. The van der Waals surface area contributed by atoms with Crippen molar-refractivity contribution in [2.75, 3.05) is 37.7 Å². The summed E-state index contributed by atoms with van der Waals surface area (Å²) >= 11 is 5.96. The number of esters is 1. The van der Waals surface area contributed by atoms with E-state index in [1.165, 1.54) is 0 Å². The number of rotatable bonds is 6. The molecule has 1 saturated heterocycles. The van der Waals surface area contributed by atoms with Gasteiger partial charge in [-0.1, -0.05) is 11.6 Å². The standard InChI is InChI=1S/C17H22ClF3N4O3/c1-2-22-16(27)23-5-8-28-15(26)11-3-6-25(7-4-11)14-13(18)9-12(10-24-14)17(19,20)21/h9-11H,2-8H2,1H3,(H2,22,23,27). The number of piperidine rings is 1. The highest BCUT2D eigenvalue weighted by molar-refractivity contribution is 6.33. The fourth-order valence-electron chi connectivity index (χ4n) is 2.80. The van der Waals surface area contributed by atoms with Gasteiger partial charge in [-0.05, 0) is 25.8 Å². The monoisotopic (exact) mass is 422 g/mol. The summed E-state index contributed by atoms with van der Waals surface area (Å²) in [5.74, 6) is -0.398. The molecule has 2 amide bonds. The van der Waals surface area contributed by atoms with E-state index in [2.05, 4.69) is 15.6 Å². The number of alkyl halides is 3. The molecule has 2 heterocycles. The van der Waals surface area contributed by atoms with Crippen LogP contribution in [0.3, 0.4) is 0 Å². The van der Waals surface area contributed by atoms with Crippen LogP contribution in [0.5, 0.6) is 0 Å². The first-order chi connectivity index (χ1) is 13.2. The Bertz CT molecular complexity index is 695. The van der Waals surface area contributed by atoms with Gasteiger partial charge >= 0.3 is 18.2 Å². The van der Waals surface area contributed by atoms with Gasteiger partial charge in [0.25, 0.3) is 0 Å². The van der Waals surface area contributed by atoms with Gasteiger partial charge < -0.3 is 20.3 Å². The van der Waals surface area contributed by atoms with Crippen LogP contribution in [0, 0.1) is 5.92 Å². The minimum atomic E-state index is -4.50. The third kappa shape index (κ3) is 6.15. The number of ether oxygens (including phenoxy) is 1. The second-order valence-corrected chi connectivity index (χ2v) is 6.65. The number of carbonyl (C=O) groups is 2. The van der Waals surface area contributed by atoms with Crippen molar-refractivity contribution in [3.05, 3.63) is 22.8 Å². The number of nitrogens with one attached hydrogen (secondary N) is 2. The molecule has 1 aromatic heterocycles. The fourth-order valence-corrected chi connectivity index (χ4v) is 3.09. The number of carbonyl (C=O) groups excluding carboxylic acids is 2. The fraction of sp³-hybridized carbons (Fsp3) is 0.588. The number of aromatic nitrogens is 1. The predicted octanol–water partition coefficient (Wildman–Crippen LogP) is 2.83. The van der Waals surface area contributed by atoms with Gasteiger partial charge in [-0.25, -0.2) is 9.78 Å². The quantitative estimate of drug-likeness (QED) is 0.544. The number of anilines is 1. The Kier molecular flexibility index (Phi) is 7.73. The normalized spacial score (nSPS) is 15.2.